The van der Waals surface area contributed by atoms with Crippen LogP contribution in [-0.4, -0.2) is 44.6 Å². The SMILES string of the molecule is CC(C)(C)c1nc(C(=O)[C@@H]2CCCN2C(=O)CBr)no1. The summed E-state index contributed by atoms with van der Waals surface area (Å²) in [7, 11) is 0. The van der Waals surface area contributed by atoms with Crippen LogP contribution in [0.15, 0.2) is 4.52 Å². The third-order valence-corrected chi connectivity index (χ3v) is 3.76. The Morgan fingerprint density at radius 3 is 2.70 bits per heavy atom. The molecule has 0 saturated carbocycles. The third kappa shape index (κ3) is 2.92. The summed E-state index contributed by atoms with van der Waals surface area (Å²) in [6.45, 7) is 6.41. The van der Waals surface area contributed by atoms with Crippen molar-refractivity contribution in [3.05, 3.63) is 11.7 Å². The van der Waals surface area contributed by atoms with Gasteiger partial charge in [-0.25, -0.2) is 0 Å². The van der Waals surface area contributed by atoms with Crippen molar-refractivity contribution in [2.75, 3.05) is 11.9 Å². The molecular weight excluding hydrogens is 326 g/mol. The van der Waals surface area contributed by atoms with Gasteiger partial charge in [0.05, 0.1) is 11.4 Å². The van der Waals surface area contributed by atoms with Gasteiger partial charge in [-0.1, -0.05) is 41.9 Å². The summed E-state index contributed by atoms with van der Waals surface area (Å²) in [5.74, 6) is 0.169. The second kappa shape index (κ2) is 5.63. The fourth-order valence-electron chi connectivity index (χ4n) is 2.19. The van der Waals surface area contributed by atoms with Crippen LogP contribution in [0.1, 0.15) is 50.1 Å². The molecule has 0 spiro atoms. The number of ketones is 1. The quantitative estimate of drug-likeness (QED) is 0.619. The molecule has 1 amide bonds. The highest BCUT2D eigenvalue weighted by Crippen LogP contribution is 2.23. The van der Waals surface area contributed by atoms with Gasteiger partial charge in [-0.3, -0.25) is 9.59 Å². The molecule has 2 rings (SSSR count). The standard InChI is InChI=1S/C13H18BrN3O3/c1-13(2,3)12-15-11(16-20-12)10(19)8-5-4-6-17(8)9(18)7-14/h8H,4-7H2,1-3H3/t8-/m0/s1. The highest BCUT2D eigenvalue weighted by molar-refractivity contribution is 9.09. The highest BCUT2D eigenvalue weighted by atomic mass is 79.9. The van der Waals surface area contributed by atoms with E-state index in [1.807, 2.05) is 20.8 Å². The number of amides is 1. The van der Waals surface area contributed by atoms with E-state index in [0.717, 1.165) is 6.42 Å². The van der Waals surface area contributed by atoms with Gasteiger partial charge in [-0.15, -0.1) is 0 Å². The van der Waals surface area contributed by atoms with Crippen molar-refractivity contribution in [2.45, 2.75) is 45.1 Å². The lowest BCUT2D eigenvalue weighted by atomic mass is 9.97. The van der Waals surface area contributed by atoms with E-state index in [1.165, 1.54) is 0 Å². The number of rotatable bonds is 3. The number of likely N-dealkylation sites (tertiary alicyclic amines) is 1. The molecule has 6 nitrogen and oxygen atoms in total. The van der Waals surface area contributed by atoms with E-state index in [9.17, 15) is 9.59 Å². The Morgan fingerprint density at radius 1 is 1.45 bits per heavy atom. The molecule has 20 heavy (non-hydrogen) atoms. The van der Waals surface area contributed by atoms with Gasteiger partial charge in [-0.05, 0) is 12.8 Å². The molecule has 1 aliphatic rings. The molecule has 0 aliphatic carbocycles. The lowest BCUT2D eigenvalue weighted by Gasteiger charge is -2.21. The van der Waals surface area contributed by atoms with Gasteiger partial charge in [0.15, 0.2) is 0 Å². The minimum absolute atomic E-state index is 0.0641. The molecule has 1 aromatic rings. The smallest absolute Gasteiger partial charge is 0.240 e. The summed E-state index contributed by atoms with van der Waals surface area (Å²) >= 11 is 3.14. The second-order valence-electron chi connectivity index (χ2n) is 5.92. The molecule has 1 aromatic heterocycles. The first-order chi connectivity index (χ1) is 9.34. The number of hydrogen-bond donors (Lipinski definition) is 0. The van der Waals surface area contributed by atoms with Crippen LogP contribution in [-0.2, 0) is 10.2 Å². The summed E-state index contributed by atoms with van der Waals surface area (Å²) in [5, 5.41) is 3.98. The number of carbonyl (C=O) groups excluding carboxylic acids is 2. The molecule has 1 aliphatic heterocycles. The molecule has 110 valence electrons. The van der Waals surface area contributed by atoms with Crippen molar-refractivity contribution in [3.63, 3.8) is 0 Å². The fraction of sp³-hybridized carbons (Fsp3) is 0.692. The Bertz CT molecular complexity index is 521. The first kappa shape index (κ1) is 15.2. The maximum absolute atomic E-state index is 12.4. The number of Topliss-reactive ketones (excluding diaryl/α,β-unsaturated/α-hetero) is 1. The molecule has 1 saturated heterocycles. The number of halogens is 1. The molecule has 0 radical (unpaired) electrons. The summed E-state index contributed by atoms with van der Waals surface area (Å²) in [4.78, 5) is 30.0. The zero-order valence-corrected chi connectivity index (χ0v) is 13.4. The highest BCUT2D eigenvalue weighted by Gasteiger charge is 2.36. The number of aromatic nitrogens is 2. The molecule has 0 aromatic carbocycles. The van der Waals surface area contributed by atoms with Crippen molar-refractivity contribution >= 4 is 27.6 Å². The Balaban J connectivity index is 2.19. The summed E-state index contributed by atoms with van der Waals surface area (Å²) < 4.78 is 5.14. The predicted molar refractivity (Wildman–Crippen MR) is 75.9 cm³/mol. The van der Waals surface area contributed by atoms with Gasteiger partial charge < -0.3 is 9.42 Å². The third-order valence-electron chi connectivity index (χ3n) is 3.28. The van der Waals surface area contributed by atoms with Crippen molar-refractivity contribution in [1.82, 2.24) is 15.0 Å². The first-order valence-electron chi connectivity index (χ1n) is 6.58. The lowest BCUT2D eigenvalue weighted by molar-refractivity contribution is -0.128. The van der Waals surface area contributed by atoms with E-state index in [0.29, 0.717) is 18.9 Å². The normalized spacial score (nSPS) is 19.4. The average Bonchev–Trinajstić information content (AvgIpc) is 3.04. The Labute approximate surface area is 126 Å². The number of nitrogens with zero attached hydrogens (tertiary/aromatic N) is 3. The van der Waals surface area contributed by atoms with Gasteiger partial charge in [-0.2, -0.15) is 4.98 Å². The fourth-order valence-corrected chi connectivity index (χ4v) is 2.51. The average molecular weight is 344 g/mol. The van der Waals surface area contributed by atoms with Crippen LogP contribution < -0.4 is 0 Å². The minimum Gasteiger partial charge on any atom is -0.338 e. The monoisotopic (exact) mass is 343 g/mol. The zero-order valence-electron chi connectivity index (χ0n) is 11.9. The van der Waals surface area contributed by atoms with Crippen LogP contribution in [0.3, 0.4) is 0 Å². The summed E-state index contributed by atoms with van der Waals surface area (Å²) in [5.41, 5.74) is -0.299. The molecular formula is C13H18BrN3O3. The van der Waals surface area contributed by atoms with E-state index in [4.69, 9.17) is 4.52 Å². The molecule has 1 atom stereocenters. The van der Waals surface area contributed by atoms with Gasteiger partial charge in [0.2, 0.25) is 23.4 Å². The maximum Gasteiger partial charge on any atom is 0.240 e. The van der Waals surface area contributed by atoms with Gasteiger partial charge >= 0.3 is 0 Å². The molecule has 2 heterocycles. The summed E-state index contributed by atoms with van der Waals surface area (Å²) in [6.07, 6.45) is 1.47. The van der Waals surface area contributed by atoms with Crippen molar-refractivity contribution in [3.8, 4) is 0 Å². The van der Waals surface area contributed by atoms with Crippen molar-refractivity contribution in [1.29, 1.82) is 0 Å². The maximum atomic E-state index is 12.4. The molecule has 7 heteroatoms. The molecule has 0 N–H and O–H groups in total. The Morgan fingerprint density at radius 2 is 2.15 bits per heavy atom. The van der Waals surface area contributed by atoms with Crippen LogP contribution in [0.5, 0.6) is 0 Å². The van der Waals surface area contributed by atoms with E-state index in [1.54, 1.807) is 4.90 Å². The molecule has 1 fully saturated rings. The minimum atomic E-state index is -0.467. The van der Waals surface area contributed by atoms with E-state index >= 15 is 0 Å². The van der Waals surface area contributed by atoms with Crippen molar-refractivity contribution < 1.29 is 14.1 Å². The number of carbonyl (C=O) groups is 2. The zero-order chi connectivity index (χ0) is 14.9. The Kier molecular flexibility index (Phi) is 4.27. The van der Waals surface area contributed by atoms with Gasteiger partial charge in [0.25, 0.3) is 0 Å². The topological polar surface area (TPSA) is 76.3 Å². The molecule has 0 unspecified atom stereocenters. The van der Waals surface area contributed by atoms with Crippen molar-refractivity contribution in [2.24, 2.45) is 0 Å². The van der Waals surface area contributed by atoms with E-state index in [-0.39, 0.29) is 28.3 Å². The van der Waals surface area contributed by atoms with Crippen LogP contribution in [0.4, 0.5) is 0 Å². The van der Waals surface area contributed by atoms with Crippen LogP contribution >= 0.6 is 15.9 Å². The second-order valence-corrected chi connectivity index (χ2v) is 6.48. The Hall–Kier alpha value is -1.24. The van der Waals surface area contributed by atoms with Crippen LogP contribution in [0, 0.1) is 0 Å². The number of hydrogen-bond acceptors (Lipinski definition) is 5. The largest absolute Gasteiger partial charge is 0.338 e. The predicted octanol–water partition coefficient (Wildman–Crippen LogP) is 1.94. The van der Waals surface area contributed by atoms with Crippen LogP contribution in [0.2, 0.25) is 0 Å². The summed E-state index contributed by atoms with van der Waals surface area (Å²) in [6, 6.07) is -0.467. The van der Waals surface area contributed by atoms with E-state index in [2.05, 4.69) is 26.1 Å². The molecule has 0 bridgehead atoms. The van der Waals surface area contributed by atoms with Gasteiger partial charge in [0.1, 0.15) is 0 Å². The van der Waals surface area contributed by atoms with Crippen LogP contribution in [0.25, 0.3) is 0 Å². The number of alkyl halides is 1. The van der Waals surface area contributed by atoms with E-state index < -0.39 is 6.04 Å². The lowest BCUT2D eigenvalue weighted by Crippen LogP contribution is -2.41. The van der Waals surface area contributed by atoms with Gasteiger partial charge in [0, 0.05) is 12.0 Å². The first-order valence-corrected chi connectivity index (χ1v) is 7.70.